The number of fused-ring (bicyclic) bond motifs is 1. The van der Waals surface area contributed by atoms with Crippen LogP contribution >= 0.6 is 0 Å². The third-order valence-corrected chi connectivity index (χ3v) is 5.51. The molecule has 1 heterocycles. The number of allylic oxidation sites excluding steroid dienone is 3. The Kier molecular flexibility index (Phi) is 3.88. The van der Waals surface area contributed by atoms with E-state index in [1.54, 1.807) is 18.2 Å². The molecular weight excluding hydrogens is 310 g/mol. The molecule has 2 aromatic carbocycles. The summed E-state index contributed by atoms with van der Waals surface area (Å²) in [6, 6.07) is 15.8. The number of nitrogens with zero attached hydrogens (tertiary/aromatic N) is 1. The van der Waals surface area contributed by atoms with Gasteiger partial charge in [-0.3, -0.25) is 9.10 Å². The molecule has 0 radical (unpaired) electrons. The van der Waals surface area contributed by atoms with Crippen LogP contribution in [0.2, 0.25) is 0 Å². The lowest BCUT2D eigenvalue weighted by Gasteiger charge is -2.27. The molecule has 0 atom stereocenters. The van der Waals surface area contributed by atoms with Crippen molar-refractivity contribution in [3.63, 3.8) is 0 Å². The summed E-state index contributed by atoms with van der Waals surface area (Å²) in [5, 5.41) is 0. The van der Waals surface area contributed by atoms with Crippen LogP contribution in [0, 0.1) is 0 Å². The zero-order valence-electron chi connectivity index (χ0n) is 12.5. The molecule has 0 N–H and O–H groups in total. The van der Waals surface area contributed by atoms with Gasteiger partial charge in [0.1, 0.15) is 0 Å². The van der Waals surface area contributed by atoms with E-state index >= 15 is 0 Å². The highest BCUT2D eigenvalue weighted by molar-refractivity contribution is 7.89. The number of benzene rings is 2. The molecule has 23 heavy (non-hydrogen) atoms. The van der Waals surface area contributed by atoms with Crippen molar-refractivity contribution in [1.82, 2.24) is 4.31 Å². The number of likely N-dealkylation sites (N-methyl/N-ethyl adjacent to an activating group) is 1. The van der Waals surface area contributed by atoms with Gasteiger partial charge in [0, 0.05) is 12.6 Å². The van der Waals surface area contributed by atoms with Crippen molar-refractivity contribution in [3.05, 3.63) is 83.6 Å². The van der Waals surface area contributed by atoms with Crippen LogP contribution in [-0.2, 0) is 10.0 Å². The summed E-state index contributed by atoms with van der Waals surface area (Å²) in [5.74, 6) is -0.296. The van der Waals surface area contributed by atoms with Crippen molar-refractivity contribution in [1.29, 1.82) is 0 Å². The number of carbonyl (C=O) groups excluding carboxylic acids is 1. The molecule has 2 aromatic rings. The van der Waals surface area contributed by atoms with Crippen molar-refractivity contribution in [3.8, 4) is 0 Å². The van der Waals surface area contributed by atoms with Gasteiger partial charge in [-0.1, -0.05) is 54.6 Å². The summed E-state index contributed by atoms with van der Waals surface area (Å²) in [6.07, 6.45) is 5.03. The van der Waals surface area contributed by atoms with E-state index in [0.29, 0.717) is 0 Å². The van der Waals surface area contributed by atoms with Gasteiger partial charge in [-0.15, -0.1) is 0 Å². The zero-order chi connectivity index (χ0) is 16.4. The fourth-order valence-electron chi connectivity index (χ4n) is 2.43. The van der Waals surface area contributed by atoms with E-state index in [-0.39, 0.29) is 21.9 Å². The Morgan fingerprint density at radius 3 is 2.35 bits per heavy atom. The molecule has 0 amide bonds. The fraction of sp³-hybridized carbons (Fsp3) is 0.0556. The number of hydrogen-bond acceptors (Lipinski definition) is 3. The van der Waals surface area contributed by atoms with Crippen LogP contribution in [0.3, 0.4) is 0 Å². The minimum Gasteiger partial charge on any atom is -0.287 e. The number of hydrogen-bond donors (Lipinski definition) is 0. The second-order valence-corrected chi connectivity index (χ2v) is 7.06. The van der Waals surface area contributed by atoms with E-state index in [9.17, 15) is 13.2 Å². The van der Waals surface area contributed by atoms with Crippen LogP contribution in [0.1, 0.15) is 15.9 Å². The Hall–Kier alpha value is -2.66. The molecule has 0 spiro atoms. The van der Waals surface area contributed by atoms with Crippen LogP contribution < -0.4 is 0 Å². The minimum atomic E-state index is -3.69. The third-order valence-electron chi connectivity index (χ3n) is 3.68. The molecule has 1 aliphatic rings. The van der Waals surface area contributed by atoms with Gasteiger partial charge >= 0.3 is 0 Å². The Morgan fingerprint density at radius 1 is 0.957 bits per heavy atom. The average Bonchev–Trinajstić information content (AvgIpc) is 2.57. The lowest BCUT2D eigenvalue weighted by atomic mass is 10.1. The molecule has 116 valence electrons. The van der Waals surface area contributed by atoms with Gasteiger partial charge in [0.15, 0.2) is 0 Å². The lowest BCUT2D eigenvalue weighted by molar-refractivity contribution is 0.100. The number of sulfonamides is 1. The SMILES string of the molecule is CN1/C(=C\C=C\c2ccccc2)C(=O)c2ccccc2S1(=O)=O. The molecule has 0 aromatic heterocycles. The molecule has 1 aliphatic heterocycles. The second kappa shape index (κ2) is 5.85. The Bertz CT molecular complexity index is 912. The van der Waals surface area contributed by atoms with Gasteiger partial charge in [0.05, 0.1) is 10.6 Å². The normalized spacial score (nSPS) is 18.4. The first-order valence-corrected chi connectivity index (χ1v) is 8.52. The highest BCUT2D eigenvalue weighted by Gasteiger charge is 2.36. The fourth-order valence-corrected chi connectivity index (χ4v) is 3.82. The quantitative estimate of drug-likeness (QED) is 0.797. The minimum absolute atomic E-state index is 0.0525. The summed E-state index contributed by atoms with van der Waals surface area (Å²) in [6.45, 7) is 0. The maximum atomic E-state index is 12.5. The smallest absolute Gasteiger partial charge is 0.264 e. The van der Waals surface area contributed by atoms with Gasteiger partial charge in [-0.2, -0.15) is 0 Å². The third kappa shape index (κ3) is 2.71. The first-order valence-electron chi connectivity index (χ1n) is 7.08. The molecule has 0 aliphatic carbocycles. The summed E-state index contributed by atoms with van der Waals surface area (Å²) in [4.78, 5) is 12.6. The molecule has 3 rings (SSSR count). The predicted octanol–water partition coefficient (Wildman–Crippen LogP) is 3.10. The van der Waals surface area contributed by atoms with Crippen molar-refractivity contribution in [2.24, 2.45) is 0 Å². The molecule has 0 fully saturated rings. The summed E-state index contributed by atoms with van der Waals surface area (Å²) < 4.78 is 26.0. The van der Waals surface area contributed by atoms with E-state index in [1.807, 2.05) is 36.4 Å². The molecular formula is C18H15NO3S. The zero-order valence-corrected chi connectivity index (χ0v) is 13.3. The van der Waals surface area contributed by atoms with Crippen LogP contribution in [0.5, 0.6) is 0 Å². The monoisotopic (exact) mass is 325 g/mol. The summed E-state index contributed by atoms with van der Waals surface area (Å²) >= 11 is 0. The topological polar surface area (TPSA) is 54.5 Å². The standard InChI is InChI=1S/C18H15NO3S/c1-19-16(12-7-10-14-8-3-2-4-9-14)18(20)15-11-5-6-13-17(15)23(19,21)22/h2-13H,1H3/b10-7+,16-12-. The van der Waals surface area contributed by atoms with E-state index in [2.05, 4.69) is 0 Å². The van der Waals surface area contributed by atoms with E-state index < -0.39 is 10.0 Å². The van der Waals surface area contributed by atoms with Crippen molar-refractivity contribution in [2.45, 2.75) is 4.90 Å². The molecule has 0 saturated heterocycles. The van der Waals surface area contributed by atoms with Crippen LogP contribution in [0.15, 0.2) is 77.3 Å². The molecule has 5 heteroatoms. The first kappa shape index (κ1) is 15.2. The number of carbonyl (C=O) groups is 1. The summed E-state index contributed by atoms with van der Waals surface area (Å²) in [7, 11) is -2.29. The van der Waals surface area contributed by atoms with Gasteiger partial charge in [0.25, 0.3) is 10.0 Å². The van der Waals surface area contributed by atoms with E-state index in [1.165, 1.54) is 25.3 Å². The van der Waals surface area contributed by atoms with Crippen LogP contribution in [0.4, 0.5) is 0 Å². The van der Waals surface area contributed by atoms with Gasteiger partial charge in [-0.05, 0) is 23.8 Å². The number of ketones is 1. The van der Waals surface area contributed by atoms with Crippen molar-refractivity contribution < 1.29 is 13.2 Å². The number of rotatable bonds is 2. The van der Waals surface area contributed by atoms with Gasteiger partial charge < -0.3 is 0 Å². The maximum absolute atomic E-state index is 12.5. The van der Waals surface area contributed by atoms with Gasteiger partial charge in [0.2, 0.25) is 5.78 Å². The largest absolute Gasteiger partial charge is 0.287 e. The first-order chi connectivity index (χ1) is 11.0. The molecule has 0 bridgehead atoms. The Balaban J connectivity index is 2.02. The summed E-state index contributed by atoms with van der Waals surface area (Å²) in [5.41, 5.74) is 1.32. The second-order valence-electron chi connectivity index (χ2n) is 5.12. The lowest BCUT2D eigenvalue weighted by Crippen LogP contribution is -2.36. The predicted molar refractivity (Wildman–Crippen MR) is 89.3 cm³/mol. The maximum Gasteiger partial charge on any atom is 0.264 e. The van der Waals surface area contributed by atoms with E-state index in [4.69, 9.17) is 0 Å². The van der Waals surface area contributed by atoms with E-state index in [0.717, 1.165) is 9.87 Å². The Morgan fingerprint density at radius 2 is 1.61 bits per heavy atom. The average molecular weight is 325 g/mol. The van der Waals surface area contributed by atoms with Crippen LogP contribution in [0.25, 0.3) is 6.08 Å². The Labute approximate surface area is 135 Å². The molecule has 4 nitrogen and oxygen atoms in total. The molecule has 0 saturated carbocycles. The van der Waals surface area contributed by atoms with Crippen molar-refractivity contribution >= 4 is 21.9 Å². The highest BCUT2D eigenvalue weighted by Crippen LogP contribution is 2.30. The molecule has 0 unspecified atom stereocenters. The highest BCUT2D eigenvalue weighted by atomic mass is 32.2. The number of Topliss-reactive ketones (excluding diaryl/α,β-unsaturated/α-hetero) is 1. The van der Waals surface area contributed by atoms with Gasteiger partial charge in [-0.25, -0.2) is 8.42 Å². The van der Waals surface area contributed by atoms with Crippen molar-refractivity contribution in [2.75, 3.05) is 7.05 Å². The van der Waals surface area contributed by atoms with Crippen LogP contribution in [-0.4, -0.2) is 25.6 Å².